The molecule has 2 heterocycles. The Kier molecular flexibility index (Phi) is 2.74. The lowest BCUT2D eigenvalue weighted by Crippen LogP contribution is -2.22. The van der Waals surface area contributed by atoms with Crippen molar-refractivity contribution in [1.29, 1.82) is 0 Å². The Bertz CT molecular complexity index is 769. The Morgan fingerprint density at radius 2 is 1.85 bits per heavy atom. The number of rotatable bonds is 1. The molecule has 0 bridgehead atoms. The smallest absolute Gasteiger partial charge is 0.145 e. The van der Waals surface area contributed by atoms with Crippen molar-refractivity contribution in [2.45, 2.75) is 26.3 Å². The van der Waals surface area contributed by atoms with Gasteiger partial charge in [0.1, 0.15) is 11.6 Å². The highest BCUT2D eigenvalue weighted by molar-refractivity contribution is 5.82. The summed E-state index contributed by atoms with van der Waals surface area (Å²) in [5.74, 6) is 0.909. The zero-order chi connectivity index (χ0) is 14.3. The molecule has 0 aliphatic carbocycles. The van der Waals surface area contributed by atoms with Crippen molar-refractivity contribution in [2.24, 2.45) is 0 Å². The summed E-state index contributed by atoms with van der Waals surface area (Å²) in [4.78, 5) is 8.61. The van der Waals surface area contributed by atoms with E-state index < -0.39 is 0 Å². The summed E-state index contributed by atoms with van der Waals surface area (Å²) >= 11 is 0. The van der Waals surface area contributed by atoms with E-state index in [0.717, 1.165) is 16.9 Å². The van der Waals surface area contributed by atoms with Gasteiger partial charge in [0.15, 0.2) is 0 Å². The maximum Gasteiger partial charge on any atom is 0.145 e. The standard InChI is InChI=1S/C16H17N3O/c1-16(2,3)19-13-7-5-4-6-12(13)18-15(19)11-8-9-17-10-14(11)20/h4-10,20H,1-3H3. The van der Waals surface area contributed by atoms with Crippen LogP contribution in [0.1, 0.15) is 20.8 Å². The maximum atomic E-state index is 10.1. The van der Waals surface area contributed by atoms with Gasteiger partial charge in [-0.25, -0.2) is 4.98 Å². The number of hydrogen-bond acceptors (Lipinski definition) is 3. The number of hydrogen-bond donors (Lipinski definition) is 1. The summed E-state index contributed by atoms with van der Waals surface area (Å²) in [5, 5.41) is 10.1. The van der Waals surface area contributed by atoms with Gasteiger partial charge in [-0.1, -0.05) is 12.1 Å². The second-order valence-electron chi connectivity index (χ2n) is 5.82. The van der Waals surface area contributed by atoms with Crippen molar-refractivity contribution >= 4 is 11.0 Å². The van der Waals surface area contributed by atoms with Gasteiger partial charge in [-0.15, -0.1) is 0 Å². The Morgan fingerprint density at radius 1 is 1.10 bits per heavy atom. The van der Waals surface area contributed by atoms with Crippen LogP contribution < -0.4 is 0 Å². The van der Waals surface area contributed by atoms with Crippen LogP contribution >= 0.6 is 0 Å². The number of pyridine rings is 1. The van der Waals surface area contributed by atoms with Gasteiger partial charge in [-0.05, 0) is 39.0 Å². The molecule has 1 aromatic carbocycles. The third-order valence-corrected chi connectivity index (χ3v) is 3.27. The third kappa shape index (κ3) is 1.93. The van der Waals surface area contributed by atoms with Crippen LogP contribution in [0.15, 0.2) is 42.7 Å². The van der Waals surface area contributed by atoms with Crippen LogP contribution in [0.25, 0.3) is 22.4 Å². The van der Waals surface area contributed by atoms with Crippen molar-refractivity contribution in [3.05, 3.63) is 42.7 Å². The number of nitrogens with zero attached hydrogens (tertiary/aromatic N) is 3. The first-order valence-electron chi connectivity index (χ1n) is 6.60. The van der Waals surface area contributed by atoms with Gasteiger partial charge in [0.05, 0.1) is 22.8 Å². The van der Waals surface area contributed by atoms with Crippen LogP contribution in [-0.2, 0) is 5.54 Å². The topological polar surface area (TPSA) is 50.9 Å². The highest BCUT2D eigenvalue weighted by Gasteiger charge is 2.23. The Hall–Kier alpha value is -2.36. The minimum atomic E-state index is -0.138. The largest absolute Gasteiger partial charge is 0.506 e. The molecule has 102 valence electrons. The molecule has 0 fully saturated rings. The first-order chi connectivity index (χ1) is 9.48. The van der Waals surface area contributed by atoms with Gasteiger partial charge < -0.3 is 9.67 Å². The number of para-hydroxylation sites is 2. The quantitative estimate of drug-likeness (QED) is 0.733. The lowest BCUT2D eigenvalue weighted by Gasteiger charge is -2.24. The molecule has 2 aromatic heterocycles. The van der Waals surface area contributed by atoms with Crippen LogP contribution in [0.4, 0.5) is 0 Å². The van der Waals surface area contributed by atoms with Gasteiger partial charge in [0.2, 0.25) is 0 Å². The predicted molar refractivity (Wildman–Crippen MR) is 79.6 cm³/mol. The van der Waals surface area contributed by atoms with Gasteiger partial charge in [0.25, 0.3) is 0 Å². The van der Waals surface area contributed by atoms with Crippen LogP contribution in [0, 0.1) is 0 Å². The van der Waals surface area contributed by atoms with E-state index in [4.69, 9.17) is 0 Å². The van der Waals surface area contributed by atoms with Crippen LogP contribution in [-0.4, -0.2) is 19.6 Å². The lowest BCUT2D eigenvalue weighted by atomic mass is 10.1. The summed E-state index contributed by atoms with van der Waals surface area (Å²) in [6, 6.07) is 9.80. The molecule has 0 saturated carbocycles. The molecule has 0 saturated heterocycles. The molecule has 0 unspecified atom stereocenters. The summed E-state index contributed by atoms with van der Waals surface area (Å²) in [5.41, 5.74) is 2.55. The van der Waals surface area contributed by atoms with E-state index in [1.807, 2.05) is 18.2 Å². The van der Waals surface area contributed by atoms with Crippen molar-refractivity contribution in [3.8, 4) is 17.1 Å². The fraction of sp³-hybridized carbons (Fsp3) is 0.250. The number of benzene rings is 1. The lowest BCUT2D eigenvalue weighted by molar-refractivity contribution is 0.411. The average Bonchev–Trinajstić information content (AvgIpc) is 2.78. The summed E-state index contributed by atoms with van der Waals surface area (Å²) in [6.07, 6.45) is 3.11. The molecule has 0 aliphatic rings. The van der Waals surface area contributed by atoms with Gasteiger partial charge in [0, 0.05) is 11.7 Å². The fourth-order valence-corrected chi connectivity index (χ4v) is 2.46. The summed E-state index contributed by atoms with van der Waals surface area (Å²) in [6.45, 7) is 6.38. The Morgan fingerprint density at radius 3 is 2.55 bits per heavy atom. The average molecular weight is 267 g/mol. The molecule has 4 nitrogen and oxygen atoms in total. The highest BCUT2D eigenvalue weighted by Crippen LogP contribution is 2.34. The number of imidazole rings is 1. The first kappa shape index (κ1) is 12.7. The Balaban J connectivity index is 2.39. The Labute approximate surface area is 117 Å². The second-order valence-corrected chi connectivity index (χ2v) is 5.82. The van der Waals surface area contributed by atoms with Crippen LogP contribution in [0.3, 0.4) is 0 Å². The molecule has 3 rings (SSSR count). The monoisotopic (exact) mass is 267 g/mol. The predicted octanol–water partition coefficient (Wildman–Crippen LogP) is 3.56. The zero-order valence-corrected chi connectivity index (χ0v) is 11.8. The SMILES string of the molecule is CC(C)(C)n1c(-c2ccncc2O)nc2ccccc21. The molecule has 1 N–H and O–H groups in total. The summed E-state index contributed by atoms with van der Waals surface area (Å²) < 4.78 is 2.15. The second kappa shape index (κ2) is 4.34. The molecule has 4 heteroatoms. The van der Waals surface area contributed by atoms with E-state index in [-0.39, 0.29) is 11.3 Å². The van der Waals surface area contributed by atoms with Crippen molar-refractivity contribution in [1.82, 2.24) is 14.5 Å². The van der Waals surface area contributed by atoms with E-state index in [1.54, 1.807) is 12.3 Å². The van der Waals surface area contributed by atoms with E-state index in [0.29, 0.717) is 5.56 Å². The fourth-order valence-electron chi connectivity index (χ4n) is 2.46. The maximum absolute atomic E-state index is 10.1. The third-order valence-electron chi connectivity index (χ3n) is 3.27. The van der Waals surface area contributed by atoms with Crippen molar-refractivity contribution < 1.29 is 5.11 Å². The van der Waals surface area contributed by atoms with Crippen molar-refractivity contribution in [3.63, 3.8) is 0 Å². The van der Waals surface area contributed by atoms with E-state index in [1.165, 1.54) is 6.20 Å². The van der Waals surface area contributed by atoms with Gasteiger partial charge >= 0.3 is 0 Å². The minimum absolute atomic E-state index is 0.138. The van der Waals surface area contributed by atoms with E-state index >= 15 is 0 Å². The van der Waals surface area contributed by atoms with Gasteiger partial charge in [-0.3, -0.25) is 4.98 Å². The summed E-state index contributed by atoms with van der Waals surface area (Å²) in [7, 11) is 0. The van der Waals surface area contributed by atoms with E-state index in [2.05, 4.69) is 41.4 Å². The van der Waals surface area contributed by atoms with E-state index in [9.17, 15) is 5.11 Å². The van der Waals surface area contributed by atoms with Gasteiger partial charge in [-0.2, -0.15) is 0 Å². The molecule has 0 aliphatic heterocycles. The number of aromatic nitrogens is 3. The normalized spacial score (nSPS) is 11.9. The molecule has 0 spiro atoms. The molecule has 0 amide bonds. The zero-order valence-electron chi connectivity index (χ0n) is 11.8. The molecule has 20 heavy (non-hydrogen) atoms. The molecular weight excluding hydrogens is 250 g/mol. The molecular formula is C16H17N3O. The number of aromatic hydroxyl groups is 1. The van der Waals surface area contributed by atoms with Crippen LogP contribution in [0.2, 0.25) is 0 Å². The number of fused-ring (bicyclic) bond motifs is 1. The highest BCUT2D eigenvalue weighted by atomic mass is 16.3. The molecule has 0 atom stereocenters. The first-order valence-corrected chi connectivity index (χ1v) is 6.60. The minimum Gasteiger partial charge on any atom is -0.506 e. The van der Waals surface area contributed by atoms with Crippen LogP contribution in [0.5, 0.6) is 5.75 Å². The van der Waals surface area contributed by atoms with Crippen molar-refractivity contribution in [2.75, 3.05) is 0 Å². The molecule has 0 radical (unpaired) electrons. The molecule has 3 aromatic rings.